The molecule has 2 aromatic rings. The molecule has 0 radical (unpaired) electrons. The zero-order valence-corrected chi connectivity index (χ0v) is 12.8. The molecule has 5 nitrogen and oxygen atoms in total. The lowest BCUT2D eigenvalue weighted by molar-refractivity contribution is 0.0935. The number of carbonyl (C=O) groups is 1. The fourth-order valence-corrected chi connectivity index (χ4v) is 2.55. The highest BCUT2D eigenvalue weighted by Crippen LogP contribution is 2.22. The maximum absolute atomic E-state index is 12.1. The predicted molar refractivity (Wildman–Crippen MR) is 81.3 cm³/mol. The van der Waals surface area contributed by atoms with Crippen LogP contribution in [0.25, 0.3) is 0 Å². The minimum Gasteiger partial charge on any atom is -0.344 e. The number of nitrogens with two attached hydrogens (primary N) is 1. The maximum Gasteiger partial charge on any atom is 0.271 e. The van der Waals surface area contributed by atoms with Crippen LogP contribution in [0.3, 0.4) is 0 Å². The van der Waals surface area contributed by atoms with Crippen LogP contribution >= 0.6 is 15.9 Å². The van der Waals surface area contributed by atoms with Gasteiger partial charge in [0.15, 0.2) is 0 Å². The number of carbonyl (C=O) groups excluding carboxylic acids is 1. The summed E-state index contributed by atoms with van der Waals surface area (Å²) in [6, 6.07) is 7.71. The largest absolute Gasteiger partial charge is 0.344 e. The molecule has 0 aliphatic carbocycles. The van der Waals surface area contributed by atoms with E-state index in [2.05, 4.69) is 26.2 Å². The Hall–Kier alpha value is -1.66. The monoisotopic (exact) mass is 336 g/mol. The van der Waals surface area contributed by atoms with E-state index in [4.69, 9.17) is 5.73 Å². The van der Waals surface area contributed by atoms with E-state index in [0.29, 0.717) is 18.8 Å². The lowest BCUT2D eigenvalue weighted by Gasteiger charge is -2.14. The first kappa shape index (κ1) is 14.7. The first-order valence-electron chi connectivity index (χ1n) is 6.39. The molecule has 0 bridgehead atoms. The molecular formula is C14H17BrN4O. The van der Waals surface area contributed by atoms with Crippen molar-refractivity contribution in [2.24, 2.45) is 5.73 Å². The molecule has 0 spiro atoms. The van der Waals surface area contributed by atoms with Gasteiger partial charge in [-0.3, -0.25) is 4.79 Å². The Balaban J connectivity index is 2.05. The number of hydrogen-bond donors (Lipinski definition) is 2. The first-order valence-corrected chi connectivity index (χ1v) is 7.18. The molecule has 1 atom stereocenters. The van der Waals surface area contributed by atoms with Crippen molar-refractivity contribution in [2.75, 3.05) is 6.54 Å². The van der Waals surface area contributed by atoms with Crippen LogP contribution in [0.2, 0.25) is 0 Å². The van der Waals surface area contributed by atoms with Gasteiger partial charge in [0.25, 0.3) is 5.91 Å². The van der Waals surface area contributed by atoms with Gasteiger partial charge in [0, 0.05) is 23.8 Å². The van der Waals surface area contributed by atoms with Crippen molar-refractivity contribution in [2.45, 2.75) is 19.5 Å². The van der Waals surface area contributed by atoms with Gasteiger partial charge in [-0.05, 0) is 18.6 Å². The number of aromatic nitrogens is 2. The summed E-state index contributed by atoms with van der Waals surface area (Å²) in [4.78, 5) is 16.2. The summed E-state index contributed by atoms with van der Waals surface area (Å²) in [6.45, 7) is 3.11. The van der Waals surface area contributed by atoms with E-state index in [1.165, 1.54) is 0 Å². The van der Waals surface area contributed by atoms with E-state index >= 15 is 0 Å². The van der Waals surface area contributed by atoms with Gasteiger partial charge >= 0.3 is 0 Å². The minimum absolute atomic E-state index is 0.0993. The van der Waals surface area contributed by atoms with Gasteiger partial charge in [-0.1, -0.05) is 34.1 Å². The Morgan fingerprint density at radius 2 is 2.25 bits per heavy atom. The number of rotatable bonds is 5. The van der Waals surface area contributed by atoms with Crippen molar-refractivity contribution >= 4 is 21.8 Å². The lowest BCUT2D eigenvalue weighted by atomic mass is 10.1. The van der Waals surface area contributed by atoms with Crippen LogP contribution in [0.4, 0.5) is 0 Å². The zero-order valence-electron chi connectivity index (χ0n) is 11.2. The third-order valence-corrected chi connectivity index (χ3v) is 3.69. The van der Waals surface area contributed by atoms with Crippen molar-refractivity contribution in [3.63, 3.8) is 0 Å². The van der Waals surface area contributed by atoms with Crippen LogP contribution in [0.1, 0.15) is 29.0 Å². The van der Waals surface area contributed by atoms with Crippen molar-refractivity contribution in [1.82, 2.24) is 14.9 Å². The van der Waals surface area contributed by atoms with E-state index in [1.54, 1.807) is 17.1 Å². The van der Waals surface area contributed by atoms with Crippen LogP contribution in [0, 0.1) is 0 Å². The number of nitrogens with zero attached hydrogens (tertiary/aromatic N) is 2. The maximum atomic E-state index is 12.1. The smallest absolute Gasteiger partial charge is 0.271 e. The molecule has 0 aliphatic heterocycles. The number of halogens is 1. The first-order chi connectivity index (χ1) is 9.61. The van der Waals surface area contributed by atoms with Gasteiger partial charge in [0.05, 0.1) is 12.4 Å². The predicted octanol–water partition coefficient (Wildman–Crippen LogP) is 2.10. The van der Waals surface area contributed by atoms with Crippen molar-refractivity contribution in [1.29, 1.82) is 0 Å². The van der Waals surface area contributed by atoms with E-state index in [0.717, 1.165) is 10.0 Å². The standard InChI is InChI=1S/C14H17BrN4O/c1-10(11-4-2-3-5-12(11)15)18-14(20)13-8-19(7-6-16)9-17-13/h2-5,8-10H,6-7,16H2,1H3,(H,18,20)/t10-/m0/s1. The second kappa shape index (κ2) is 6.67. The third-order valence-electron chi connectivity index (χ3n) is 2.97. The van der Waals surface area contributed by atoms with E-state index in [-0.39, 0.29) is 11.9 Å². The van der Waals surface area contributed by atoms with Gasteiger partial charge in [-0.15, -0.1) is 0 Å². The van der Waals surface area contributed by atoms with Crippen LogP contribution in [-0.2, 0) is 6.54 Å². The Bertz CT molecular complexity index is 596. The molecule has 1 aromatic carbocycles. The molecule has 0 saturated heterocycles. The zero-order chi connectivity index (χ0) is 14.5. The van der Waals surface area contributed by atoms with Crippen LogP contribution < -0.4 is 11.1 Å². The van der Waals surface area contributed by atoms with Gasteiger partial charge in [0.1, 0.15) is 5.69 Å². The number of benzene rings is 1. The number of imidazole rings is 1. The molecule has 6 heteroatoms. The van der Waals surface area contributed by atoms with E-state index in [9.17, 15) is 4.79 Å². The summed E-state index contributed by atoms with van der Waals surface area (Å²) in [5, 5.41) is 2.93. The third kappa shape index (κ3) is 3.46. The van der Waals surface area contributed by atoms with Gasteiger partial charge in [0.2, 0.25) is 0 Å². The molecule has 1 amide bonds. The summed E-state index contributed by atoms with van der Waals surface area (Å²) < 4.78 is 2.78. The van der Waals surface area contributed by atoms with Crippen LogP contribution in [-0.4, -0.2) is 22.0 Å². The summed E-state index contributed by atoms with van der Waals surface area (Å²) in [5.41, 5.74) is 6.90. The minimum atomic E-state index is -0.191. The Labute approximate surface area is 126 Å². The molecule has 2 rings (SSSR count). The highest BCUT2D eigenvalue weighted by molar-refractivity contribution is 9.10. The second-order valence-corrected chi connectivity index (χ2v) is 5.36. The second-order valence-electron chi connectivity index (χ2n) is 4.50. The summed E-state index contributed by atoms with van der Waals surface area (Å²) >= 11 is 3.48. The quantitative estimate of drug-likeness (QED) is 0.878. The van der Waals surface area contributed by atoms with Crippen LogP contribution in [0.5, 0.6) is 0 Å². The summed E-state index contributed by atoms with van der Waals surface area (Å²) in [7, 11) is 0. The molecule has 20 heavy (non-hydrogen) atoms. The molecule has 1 heterocycles. The van der Waals surface area contributed by atoms with Crippen LogP contribution in [0.15, 0.2) is 41.3 Å². The molecule has 1 aromatic heterocycles. The SMILES string of the molecule is C[C@H](NC(=O)c1cn(CCN)cn1)c1ccccc1Br. The Morgan fingerprint density at radius 3 is 2.95 bits per heavy atom. The normalized spacial score (nSPS) is 12.2. The molecular weight excluding hydrogens is 320 g/mol. The Kier molecular flexibility index (Phi) is 4.92. The highest BCUT2D eigenvalue weighted by atomic mass is 79.9. The van der Waals surface area contributed by atoms with E-state index < -0.39 is 0 Å². The summed E-state index contributed by atoms with van der Waals surface area (Å²) in [6.07, 6.45) is 3.32. The van der Waals surface area contributed by atoms with Crippen molar-refractivity contribution < 1.29 is 4.79 Å². The van der Waals surface area contributed by atoms with E-state index in [1.807, 2.05) is 31.2 Å². The number of nitrogens with one attached hydrogen (secondary N) is 1. The highest BCUT2D eigenvalue weighted by Gasteiger charge is 2.15. The van der Waals surface area contributed by atoms with Crippen molar-refractivity contribution in [3.8, 4) is 0 Å². The van der Waals surface area contributed by atoms with Gasteiger partial charge in [-0.25, -0.2) is 4.98 Å². The average Bonchev–Trinajstić information content (AvgIpc) is 2.88. The molecule has 0 aliphatic rings. The molecule has 106 valence electrons. The Morgan fingerprint density at radius 1 is 1.50 bits per heavy atom. The van der Waals surface area contributed by atoms with Crippen molar-refractivity contribution in [3.05, 3.63) is 52.5 Å². The molecule has 0 saturated carbocycles. The number of amides is 1. The van der Waals surface area contributed by atoms with Gasteiger partial charge < -0.3 is 15.6 Å². The average molecular weight is 337 g/mol. The fourth-order valence-electron chi connectivity index (χ4n) is 1.92. The molecule has 3 N–H and O–H groups in total. The van der Waals surface area contributed by atoms with Gasteiger partial charge in [-0.2, -0.15) is 0 Å². The molecule has 0 fully saturated rings. The lowest BCUT2D eigenvalue weighted by Crippen LogP contribution is -2.27. The fraction of sp³-hybridized carbons (Fsp3) is 0.286. The number of hydrogen-bond acceptors (Lipinski definition) is 3. The summed E-state index contributed by atoms with van der Waals surface area (Å²) in [5.74, 6) is -0.191. The molecule has 0 unspecified atom stereocenters. The topological polar surface area (TPSA) is 72.9 Å².